The molecule has 1 fully saturated rings. The number of halogens is 1. The average molecular weight is 311 g/mol. The molecule has 1 aliphatic carbocycles. The summed E-state index contributed by atoms with van der Waals surface area (Å²) in [6.07, 6.45) is 4.85. The van der Waals surface area contributed by atoms with Crippen LogP contribution >= 0.6 is 15.9 Å². The van der Waals surface area contributed by atoms with Crippen LogP contribution in [0.25, 0.3) is 0 Å². The standard InChI is InChI=1S/C14H19BrN2O/c1-2-5-14(6-7-14)9-17-13(18)11-8-10(16)3-4-12(11)15/h3-4,8H,2,5-7,9,16H2,1H3,(H,17,18). The van der Waals surface area contributed by atoms with E-state index in [1.54, 1.807) is 12.1 Å². The number of carbonyl (C=O) groups is 1. The fraction of sp³-hybridized carbons (Fsp3) is 0.500. The van der Waals surface area contributed by atoms with E-state index in [1.165, 1.54) is 25.7 Å². The summed E-state index contributed by atoms with van der Waals surface area (Å²) in [6, 6.07) is 5.29. The van der Waals surface area contributed by atoms with Crippen LogP contribution in [0.1, 0.15) is 43.0 Å². The van der Waals surface area contributed by atoms with Gasteiger partial charge >= 0.3 is 0 Å². The number of anilines is 1. The van der Waals surface area contributed by atoms with Crippen LogP contribution in [-0.4, -0.2) is 12.5 Å². The van der Waals surface area contributed by atoms with Gasteiger partial charge in [-0.15, -0.1) is 0 Å². The second kappa shape index (κ2) is 5.31. The minimum atomic E-state index is -0.0449. The molecular formula is C14H19BrN2O. The number of hydrogen-bond donors (Lipinski definition) is 2. The molecule has 1 amide bonds. The van der Waals surface area contributed by atoms with E-state index >= 15 is 0 Å². The Hall–Kier alpha value is -1.03. The van der Waals surface area contributed by atoms with Crippen LogP contribution in [0.2, 0.25) is 0 Å². The molecule has 0 atom stereocenters. The molecule has 0 heterocycles. The molecule has 2 rings (SSSR count). The molecule has 0 radical (unpaired) electrons. The third-order valence-electron chi connectivity index (χ3n) is 3.60. The van der Waals surface area contributed by atoms with Crippen molar-refractivity contribution in [3.8, 4) is 0 Å². The Balaban J connectivity index is 1.98. The third kappa shape index (κ3) is 3.05. The van der Waals surface area contributed by atoms with Crippen LogP contribution in [0, 0.1) is 5.41 Å². The first kappa shape index (κ1) is 13.4. The quantitative estimate of drug-likeness (QED) is 0.819. The van der Waals surface area contributed by atoms with Gasteiger partial charge in [0.15, 0.2) is 0 Å². The van der Waals surface area contributed by atoms with Gasteiger partial charge in [-0.05, 0) is 58.8 Å². The van der Waals surface area contributed by atoms with E-state index in [0.717, 1.165) is 11.0 Å². The fourth-order valence-corrected chi connectivity index (χ4v) is 2.73. The Bertz CT molecular complexity index is 455. The summed E-state index contributed by atoms with van der Waals surface area (Å²) in [5, 5.41) is 3.03. The number of hydrogen-bond acceptors (Lipinski definition) is 2. The van der Waals surface area contributed by atoms with E-state index in [9.17, 15) is 4.79 Å². The number of carbonyl (C=O) groups excluding carboxylic acids is 1. The van der Waals surface area contributed by atoms with Crippen LogP contribution in [0.3, 0.4) is 0 Å². The molecule has 0 unspecified atom stereocenters. The average Bonchev–Trinajstić information content (AvgIpc) is 3.10. The largest absolute Gasteiger partial charge is 0.399 e. The van der Waals surface area contributed by atoms with Crippen molar-refractivity contribution in [2.75, 3.05) is 12.3 Å². The van der Waals surface area contributed by atoms with Gasteiger partial charge in [0.2, 0.25) is 0 Å². The number of rotatable bonds is 5. The lowest BCUT2D eigenvalue weighted by molar-refractivity contribution is 0.0943. The summed E-state index contributed by atoms with van der Waals surface area (Å²) in [4.78, 5) is 12.1. The first-order valence-electron chi connectivity index (χ1n) is 6.39. The highest BCUT2D eigenvalue weighted by atomic mass is 79.9. The van der Waals surface area contributed by atoms with Gasteiger partial charge in [-0.3, -0.25) is 4.79 Å². The molecule has 0 bridgehead atoms. The van der Waals surface area contributed by atoms with E-state index in [4.69, 9.17) is 5.73 Å². The van der Waals surface area contributed by atoms with Crippen molar-refractivity contribution < 1.29 is 4.79 Å². The zero-order valence-corrected chi connectivity index (χ0v) is 12.2. The molecule has 0 saturated heterocycles. The van der Waals surface area contributed by atoms with Gasteiger partial charge < -0.3 is 11.1 Å². The predicted octanol–water partition coefficient (Wildman–Crippen LogP) is 3.34. The summed E-state index contributed by atoms with van der Waals surface area (Å²) in [6.45, 7) is 2.97. The van der Waals surface area contributed by atoms with Crippen LogP contribution < -0.4 is 11.1 Å². The molecule has 0 aliphatic heterocycles. The van der Waals surface area contributed by atoms with E-state index < -0.39 is 0 Å². The molecule has 0 spiro atoms. The highest BCUT2D eigenvalue weighted by Gasteiger charge is 2.41. The Morgan fingerprint density at radius 3 is 2.83 bits per heavy atom. The molecule has 1 aromatic rings. The van der Waals surface area contributed by atoms with Gasteiger partial charge in [0.1, 0.15) is 0 Å². The summed E-state index contributed by atoms with van der Waals surface area (Å²) in [5.41, 5.74) is 7.30. The van der Waals surface area contributed by atoms with Gasteiger partial charge in [-0.25, -0.2) is 0 Å². The fourth-order valence-electron chi connectivity index (χ4n) is 2.30. The number of amides is 1. The van der Waals surface area contributed by atoms with E-state index in [0.29, 0.717) is 16.7 Å². The topological polar surface area (TPSA) is 55.1 Å². The highest BCUT2D eigenvalue weighted by molar-refractivity contribution is 9.10. The molecule has 18 heavy (non-hydrogen) atoms. The Kier molecular flexibility index (Phi) is 3.95. The maximum absolute atomic E-state index is 12.1. The first-order chi connectivity index (χ1) is 8.56. The lowest BCUT2D eigenvalue weighted by atomic mass is 10.0. The first-order valence-corrected chi connectivity index (χ1v) is 7.19. The molecule has 0 aromatic heterocycles. The monoisotopic (exact) mass is 310 g/mol. The SMILES string of the molecule is CCCC1(CNC(=O)c2cc(N)ccc2Br)CC1. The lowest BCUT2D eigenvalue weighted by Gasteiger charge is -2.15. The number of benzene rings is 1. The van der Waals surface area contributed by atoms with Crippen molar-refractivity contribution in [2.45, 2.75) is 32.6 Å². The van der Waals surface area contributed by atoms with Crippen molar-refractivity contribution >= 4 is 27.5 Å². The second-order valence-corrected chi connectivity index (χ2v) is 6.03. The predicted molar refractivity (Wildman–Crippen MR) is 77.5 cm³/mol. The highest BCUT2D eigenvalue weighted by Crippen LogP contribution is 2.48. The summed E-state index contributed by atoms with van der Waals surface area (Å²) >= 11 is 3.38. The van der Waals surface area contributed by atoms with Crippen LogP contribution in [-0.2, 0) is 0 Å². The van der Waals surface area contributed by atoms with Crippen LogP contribution in [0.15, 0.2) is 22.7 Å². The summed E-state index contributed by atoms with van der Waals surface area (Å²) in [5.74, 6) is -0.0449. The molecule has 98 valence electrons. The summed E-state index contributed by atoms with van der Waals surface area (Å²) < 4.78 is 0.787. The van der Waals surface area contributed by atoms with Gasteiger partial charge in [-0.1, -0.05) is 13.3 Å². The van der Waals surface area contributed by atoms with E-state index in [2.05, 4.69) is 28.2 Å². The minimum absolute atomic E-state index is 0.0449. The van der Waals surface area contributed by atoms with Gasteiger partial charge in [0.25, 0.3) is 5.91 Å². The molecule has 3 N–H and O–H groups in total. The maximum Gasteiger partial charge on any atom is 0.252 e. The Morgan fingerprint density at radius 1 is 1.50 bits per heavy atom. The van der Waals surface area contributed by atoms with Gasteiger partial charge in [0.05, 0.1) is 5.56 Å². The molecule has 1 aliphatic rings. The van der Waals surface area contributed by atoms with E-state index in [1.807, 2.05) is 6.07 Å². The normalized spacial score (nSPS) is 16.3. The number of nitrogen functional groups attached to an aromatic ring is 1. The zero-order valence-electron chi connectivity index (χ0n) is 10.6. The zero-order chi connectivity index (χ0) is 13.2. The van der Waals surface area contributed by atoms with Crippen molar-refractivity contribution in [1.29, 1.82) is 0 Å². The van der Waals surface area contributed by atoms with Gasteiger partial charge in [-0.2, -0.15) is 0 Å². The Labute approximate surface area is 116 Å². The summed E-state index contributed by atoms with van der Waals surface area (Å²) in [7, 11) is 0. The van der Waals surface area contributed by atoms with Crippen molar-refractivity contribution in [1.82, 2.24) is 5.32 Å². The van der Waals surface area contributed by atoms with Crippen molar-refractivity contribution in [3.05, 3.63) is 28.2 Å². The molecule has 3 nitrogen and oxygen atoms in total. The molecular weight excluding hydrogens is 292 g/mol. The minimum Gasteiger partial charge on any atom is -0.399 e. The number of nitrogens with one attached hydrogen (secondary N) is 1. The van der Waals surface area contributed by atoms with Crippen molar-refractivity contribution in [3.63, 3.8) is 0 Å². The third-order valence-corrected chi connectivity index (χ3v) is 4.29. The second-order valence-electron chi connectivity index (χ2n) is 5.17. The smallest absolute Gasteiger partial charge is 0.252 e. The molecule has 4 heteroatoms. The number of nitrogens with two attached hydrogens (primary N) is 1. The Morgan fingerprint density at radius 2 is 2.22 bits per heavy atom. The van der Waals surface area contributed by atoms with E-state index in [-0.39, 0.29) is 5.91 Å². The van der Waals surface area contributed by atoms with Gasteiger partial charge in [0, 0.05) is 16.7 Å². The maximum atomic E-state index is 12.1. The lowest BCUT2D eigenvalue weighted by Crippen LogP contribution is -2.30. The van der Waals surface area contributed by atoms with Crippen LogP contribution in [0.5, 0.6) is 0 Å². The molecule has 1 aromatic carbocycles. The molecule has 1 saturated carbocycles. The van der Waals surface area contributed by atoms with Crippen molar-refractivity contribution in [2.24, 2.45) is 5.41 Å². The van der Waals surface area contributed by atoms with Crippen LogP contribution in [0.4, 0.5) is 5.69 Å².